The SMILES string of the molecule is CCCc1ccc(C#Cc2ccc(-c3c(F)c(F)c(N=C=S)c(F)c3F)cc2)cc1. The van der Waals surface area contributed by atoms with Crippen LogP contribution in [0.5, 0.6) is 0 Å². The molecule has 0 spiro atoms. The van der Waals surface area contributed by atoms with Crippen molar-refractivity contribution >= 4 is 23.1 Å². The summed E-state index contributed by atoms with van der Waals surface area (Å²) in [5.74, 6) is -0.407. The van der Waals surface area contributed by atoms with E-state index in [4.69, 9.17) is 0 Å². The van der Waals surface area contributed by atoms with E-state index in [1.165, 1.54) is 29.8 Å². The Kier molecular flexibility index (Phi) is 6.79. The first-order valence-corrected chi connectivity index (χ1v) is 9.52. The van der Waals surface area contributed by atoms with Gasteiger partial charge >= 0.3 is 0 Å². The summed E-state index contributed by atoms with van der Waals surface area (Å²) in [6.07, 6.45) is 2.07. The van der Waals surface area contributed by atoms with Gasteiger partial charge in [-0.25, -0.2) is 17.6 Å². The molecule has 3 aromatic rings. The van der Waals surface area contributed by atoms with Gasteiger partial charge in [0.1, 0.15) is 0 Å². The zero-order chi connectivity index (χ0) is 21.7. The Morgan fingerprint density at radius 1 is 0.767 bits per heavy atom. The van der Waals surface area contributed by atoms with E-state index >= 15 is 0 Å². The van der Waals surface area contributed by atoms with Crippen LogP contribution in [0.25, 0.3) is 11.1 Å². The largest absolute Gasteiger partial charge is 0.203 e. The minimum absolute atomic E-state index is 0.0323. The van der Waals surface area contributed by atoms with Gasteiger partial charge < -0.3 is 0 Å². The van der Waals surface area contributed by atoms with E-state index in [1.807, 2.05) is 24.3 Å². The second kappa shape index (κ2) is 9.49. The van der Waals surface area contributed by atoms with E-state index in [0.717, 1.165) is 18.4 Å². The molecular weight excluding hydrogens is 410 g/mol. The summed E-state index contributed by atoms with van der Waals surface area (Å²) in [7, 11) is 0. The van der Waals surface area contributed by atoms with Crippen LogP contribution in [0.4, 0.5) is 23.2 Å². The summed E-state index contributed by atoms with van der Waals surface area (Å²) in [5, 5.41) is 1.70. The third kappa shape index (κ3) is 4.49. The molecule has 0 bridgehead atoms. The molecule has 6 heteroatoms. The van der Waals surface area contributed by atoms with E-state index in [-0.39, 0.29) is 5.56 Å². The fraction of sp³-hybridized carbons (Fsp3) is 0.125. The first-order chi connectivity index (χ1) is 14.5. The van der Waals surface area contributed by atoms with Crippen molar-refractivity contribution in [3.8, 4) is 23.0 Å². The van der Waals surface area contributed by atoms with E-state index in [1.54, 1.807) is 5.16 Å². The highest BCUT2D eigenvalue weighted by atomic mass is 32.1. The highest BCUT2D eigenvalue weighted by Gasteiger charge is 2.26. The van der Waals surface area contributed by atoms with Crippen molar-refractivity contribution in [1.29, 1.82) is 0 Å². The maximum Gasteiger partial charge on any atom is 0.189 e. The molecule has 30 heavy (non-hydrogen) atoms. The van der Waals surface area contributed by atoms with Crippen LogP contribution in [-0.4, -0.2) is 5.16 Å². The van der Waals surface area contributed by atoms with Crippen LogP contribution in [0.15, 0.2) is 53.5 Å². The minimum Gasteiger partial charge on any atom is -0.203 e. The number of hydrogen-bond donors (Lipinski definition) is 0. The zero-order valence-corrected chi connectivity index (χ0v) is 16.7. The van der Waals surface area contributed by atoms with Gasteiger partial charge in [-0.15, -0.1) is 0 Å². The molecule has 0 aliphatic heterocycles. The quantitative estimate of drug-likeness (QED) is 0.144. The van der Waals surface area contributed by atoms with E-state index in [9.17, 15) is 17.6 Å². The third-order valence-electron chi connectivity index (χ3n) is 4.42. The molecule has 0 saturated heterocycles. The summed E-state index contributed by atoms with van der Waals surface area (Å²) in [6, 6.07) is 13.6. The molecule has 0 N–H and O–H groups in total. The van der Waals surface area contributed by atoms with Crippen LogP contribution >= 0.6 is 12.2 Å². The monoisotopic (exact) mass is 425 g/mol. The highest BCUT2D eigenvalue weighted by Crippen LogP contribution is 2.35. The number of aryl methyl sites for hydroxylation is 1. The number of thiocarbonyl (C=S) groups is 1. The molecule has 150 valence electrons. The lowest BCUT2D eigenvalue weighted by Crippen LogP contribution is -2.00. The number of hydrogen-bond acceptors (Lipinski definition) is 2. The second-order valence-corrected chi connectivity index (χ2v) is 6.64. The van der Waals surface area contributed by atoms with Crippen molar-refractivity contribution in [3.63, 3.8) is 0 Å². The predicted octanol–water partition coefficient (Wildman–Crippen LogP) is 7.00. The molecular formula is C24H15F4NS. The summed E-state index contributed by atoms with van der Waals surface area (Å²) in [4.78, 5) is 3.06. The van der Waals surface area contributed by atoms with Gasteiger partial charge in [0.15, 0.2) is 29.0 Å². The molecule has 0 heterocycles. The van der Waals surface area contributed by atoms with Crippen molar-refractivity contribution in [1.82, 2.24) is 0 Å². The third-order valence-corrected chi connectivity index (χ3v) is 4.51. The molecule has 0 unspecified atom stereocenters. The minimum atomic E-state index is -1.63. The maximum absolute atomic E-state index is 14.3. The van der Waals surface area contributed by atoms with Crippen LogP contribution in [0, 0.1) is 35.1 Å². The summed E-state index contributed by atoms with van der Waals surface area (Å²) < 4.78 is 56.8. The van der Waals surface area contributed by atoms with Crippen molar-refractivity contribution in [2.75, 3.05) is 0 Å². The van der Waals surface area contributed by atoms with Gasteiger partial charge in [0, 0.05) is 11.1 Å². The van der Waals surface area contributed by atoms with Gasteiger partial charge in [0.2, 0.25) is 0 Å². The normalized spacial score (nSPS) is 10.2. The number of nitrogens with zero attached hydrogens (tertiary/aromatic N) is 1. The molecule has 1 nitrogen and oxygen atoms in total. The Hall–Kier alpha value is -3.26. The van der Waals surface area contributed by atoms with Gasteiger partial charge in [-0.05, 0) is 54.0 Å². The van der Waals surface area contributed by atoms with Crippen LogP contribution in [0.2, 0.25) is 0 Å². The van der Waals surface area contributed by atoms with Gasteiger partial charge in [-0.2, -0.15) is 4.99 Å². The Balaban J connectivity index is 1.91. The van der Waals surface area contributed by atoms with Crippen LogP contribution in [0.3, 0.4) is 0 Å². The number of halogens is 4. The van der Waals surface area contributed by atoms with Crippen molar-refractivity contribution < 1.29 is 17.6 Å². The van der Waals surface area contributed by atoms with E-state index < -0.39 is 34.5 Å². The molecule has 0 aromatic heterocycles. The standard InChI is InChI=1S/C24H15F4NS/c1-2-3-15-4-6-16(7-5-15)8-9-17-10-12-18(13-11-17)19-20(25)22(27)24(29-14-30)23(28)21(19)26/h4-7,10-13H,2-3H2,1H3. The van der Waals surface area contributed by atoms with Gasteiger partial charge in [0.25, 0.3) is 0 Å². The lowest BCUT2D eigenvalue weighted by Gasteiger charge is -2.09. The molecule has 0 fully saturated rings. The van der Waals surface area contributed by atoms with Crippen molar-refractivity contribution in [2.45, 2.75) is 19.8 Å². The predicted molar refractivity (Wildman–Crippen MR) is 113 cm³/mol. The molecule has 0 aliphatic rings. The lowest BCUT2D eigenvalue weighted by atomic mass is 10.0. The van der Waals surface area contributed by atoms with Crippen molar-refractivity contribution in [3.05, 3.63) is 88.5 Å². The average molecular weight is 425 g/mol. The smallest absolute Gasteiger partial charge is 0.189 e. The Labute approximate surface area is 177 Å². The molecule has 0 atom stereocenters. The van der Waals surface area contributed by atoms with Gasteiger partial charge in [-0.1, -0.05) is 49.5 Å². The molecule has 0 amide bonds. The van der Waals surface area contributed by atoms with E-state index in [2.05, 4.69) is 36.0 Å². The zero-order valence-electron chi connectivity index (χ0n) is 15.9. The number of benzene rings is 3. The molecule has 0 aliphatic carbocycles. The topological polar surface area (TPSA) is 12.4 Å². The van der Waals surface area contributed by atoms with Crippen molar-refractivity contribution in [2.24, 2.45) is 4.99 Å². The van der Waals surface area contributed by atoms with Crippen LogP contribution < -0.4 is 0 Å². The number of rotatable bonds is 4. The Morgan fingerprint density at radius 2 is 1.27 bits per heavy atom. The molecule has 0 saturated carbocycles. The molecule has 3 rings (SSSR count). The van der Waals surface area contributed by atoms with Gasteiger partial charge in [-0.3, -0.25) is 0 Å². The highest BCUT2D eigenvalue weighted by molar-refractivity contribution is 7.78. The number of aliphatic imine (C=N–C) groups is 1. The average Bonchev–Trinajstić information content (AvgIpc) is 2.76. The van der Waals surface area contributed by atoms with Crippen LogP contribution in [-0.2, 0) is 6.42 Å². The fourth-order valence-corrected chi connectivity index (χ4v) is 3.02. The van der Waals surface area contributed by atoms with Crippen LogP contribution in [0.1, 0.15) is 30.0 Å². The summed E-state index contributed by atoms with van der Waals surface area (Å²) >= 11 is 4.25. The number of isothiocyanates is 1. The lowest BCUT2D eigenvalue weighted by molar-refractivity contribution is 0.462. The Bertz CT molecular complexity index is 1150. The Morgan fingerprint density at radius 3 is 1.73 bits per heavy atom. The first kappa shape index (κ1) is 21.4. The molecule has 0 radical (unpaired) electrons. The summed E-state index contributed by atoms with van der Waals surface area (Å²) in [6.45, 7) is 2.11. The van der Waals surface area contributed by atoms with Gasteiger partial charge in [0.05, 0.1) is 10.7 Å². The maximum atomic E-state index is 14.3. The van der Waals surface area contributed by atoms with E-state index in [0.29, 0.717) is 5.56 Å². The molecule has 3 aromatic carbocycles. The fourth-order valence-electron chi connectivity index (χ4n) is 2.93. The summed E-state index contributed by atoms with van der Waals surface area (Å²) in [5.41, 5.74) is 0.652. The second-order valence-electron chi connectivity index (χ2n) is 6.46. The first-order valence-electron chi connectivity index (χ1n) is 9.11.